The molecule has 1 aliphatic heterocycles. The third-order valence-electron chi connectivity index (χ3n) is 6.65. The van der Waals surface area contributed by atoms with Crippen LogP contribution >= 0.6 is 39.3 Å². The van der Waals surface area contributed by atoms with Crippen molar-refractivity contribution in [3.05, 3.63) is 115 Å². The van der Waals surface area contributed by atoms with Crippen LogP contribution in [0, 0.1) is 13.8 Å². The Morgan fingerprint density at radius 1 is 1.07 bits per heavy atom. The lowest BCUT2D eigenvalue weighted by Crippen LogP contribution is -2.28. The van der Waals surface area contributed by atoms with Crippen molar-refractivity contribution >= 4 is 68.1 Å². The fraction of sp³-hybridized carbons (Fsp3) is 0.129. The number of hydrogen-bond donors (Lipinski definition) is 1. The highest BCUT2D eigenvalue weighted by Gasteiger charge is 2.34. The van der Waals surface area contributed by atoms with E-state index in [0.29, 0.717) is 26.5 Å². The van der Waals surface area contributed by atoms with E-state index in [9.17, 15) is 14.7 Å². The average Bonchev–Trinajstić information content (AvgIpc) is 3.40. The van der Waals surface area contributed by atoms with E-state index in [1.807, 2.05) is 68.5 Å². The van der Waals surface area contributed by atoms with E-state index in [1.54, 1.807) is 24.1 Å². The number of carboxylic acid groups (broad SMARTS) is 1. The van der Waals surface area contributed by atoms with Gasteiger partial charge in [-0.2, -0.15) is 0 Å². The first-order chi connectivity index (χ1) is 19.6. The summed E-state index contributed by atoms with van der Waals surface area (Å²) in [5.41, 5.74) is 5.47. The second-order valence-electron chi connectivity index (χ2n) is 9.36. The third-order valence-corrected chi connectivity index (χ3v) is 8.88. The van der Waals surface area contributed by atoms with Crippen molar-refractivity contribution < 1.29 is 19.4 Å². The van der Waals surface area contributed by atoms with Crippen LogP contribution in [0.4, 0.5) is 5.69 Å². The molecule has 0 spiro atoms. The minimum atomic E-state index is -1.00. The number of aromatic carboxylic acids is 1. The van der Waals surface area contributed by atoms with E-state index in [1.165, 1.54) is 23.9 Å². The summed E-state index contributed by atoms with van der Waals surface area (Å²) in [5.74, 6) is -0.470. The number of carboxylic acids is 1. The molecule has 208 valence electrons. The SMILES string of the molecule is COc1ccc(N=C2S/C(=C\c3cc(C)n(-c4ccc(Br)c(Cl)c4)c3C)C(=O)N2Cc2ccc(C(=O)O)cc2)cc1. The zero-order valence-corrected chi connectivity index (χ0v) is 25.5. The van der Waals surface area contributed by atoms with Crippen LogP contribution in [0.5, 0.6) is 5.75 Å². The monoisotopic (exact) mass is 649 g/mol. The number of amides is 1. The van der Waals surface area contributed by atoms with E-state index < -0.39 is 5.97 Å². The van der Waals surface area contributed by atoms with Crippen LogP contribution in [-0.4, -0.2) is 38.7 Å². The van der Waals surface area contributed by atoms with Gasteiger partial charge in [-0.05, 0) is 119 Å². The molecule has 1 fully saturated rings. The molecule has 5 rings (SSSR count). The predicted molar refractivity (Wildman–Crippen MR) is 168 cm³/mol. The first-order valence-electron chi connectivity index (χ1n) is 12.6. The molecule has 1 N–H and O–H groups in total. The molecule has 0 aliphatic carbocycles. The molecule has 0 radical (unpaired) electrons. The highest BCUT2D eigenvalue weighted by atomic mass is 79.9. The zero-order valence-electron chi connectivity index (χ0n) is 22.4. The lowest BCUT2D eigenvalue weighted by atomic mass is 10.1. The summed E-state index contributed by atoms with van der Waals surface area (Å²) in [4.78, 5) is 32.0. The molecule has 1 amide bonds. The second kappa shape index (κ2) is 12.0. The number of carbonyl (C=O) groups excluding carboxylic acids is 1. The van der Waals surface area contributed by atoms with Crippen molar-refractivity contribution in [3.63, 3.8) is 0 Å². The normalized spacial score (nSPS) is 15.2. The van der Waals surface area contributed by atoms with Gasteiger partial charge in [0.2, 0.25) is 0 Å². The van der Waals surface area contributed by atoms with E-state index >= 15 is 0 Å². The summed E-state index contributed by atoms with van der Waals surface area (Å²) in [6.45, 7) is 4.26. The number of aryl methyl sites for hydroxylation is 1. The van der Waals surface area contributed by atoms with Crippen LogP contribution in [0.3, 0.4) is 0 Å². The van der Waals surface area contributed by atoms with Gasteiger partial charge in [0.25, 0.3) is 5.91 Å². The minimum absolute atomic E-state index is 0.180. The summed E-state index contributed by atoms with van der Waals surface area (Å²) in [6.07, 6.45) is 1.89. The fourth-order valence-corrected chi connectivity index (χ4v) is 5.94. The van der Waals surface area contributed by atoms with Gasteiger partial charge in [-0.1, -0.05) is 23.7 Å². The minimum Gasteiger partial charge on any atom is -0.497 e. The van der Waals surface area contributed by atoms with Crippen LogP contribution < -0.4 is 4.74 Å². The van der Waals surface area contributed by atoms with E-state index in [2.05, 4.69) is 20.5 Å². The first kappa shape index (κ1) is 28.7. The number of halogens is 2. The van der Waals surface area contributed by atoms with Crippen molar-refractivity contribution in [1.29, 1.82) is 0 Å². The maximum absolute atomic E-state index is 13.8. The van der Waals surface area contributed by atoms with Gasteiger partial charge in [0.15, 0.2) is 5.17 Å². The molecule has 1 saturated heterocycles. The predicted octanol–water partition coefficient (Wildman–Crippen LogP) is 8.02. The van der Waals surface area contributed by atoms with Crippen molar-refractivity contribution in [2.24, 2.45) is 4.99 Å². The number of methoxy groups -OCH3 is 1. The Morgan fingerprint density at radius 3 is 2.41 bits per heavy atom. The number of benzene rings is 3. The summed E-state index contributed by atoms with van der Waals surface area (Å²) in [6, 6.07) is 21.6. The number of carbonyl (C=O) groups is 2. The van der Waals surface area contributed by atoms with E-state index in [4.69, 9.17) is 21.3 Å². The van der Waals surface area contributed by atoms with Crippen molar-refractivity contribution in [3.8, 4) is 11.4 Å². The summed E-state index contributed by atoms with van der Waals surface area (Å²) in [5, 5.41) is 10.4. The van der Waals surface area contributed by atoms with E-state index in [-0.39, 0.29) is 18.0 Å². The lowest BCUT2D eigenvalue weighted by molar-refractivity contribution is -0.122. The fourth-order valence-electron chi connectivity index (χ4n) is 4.53. The number of rotatable bonds is 7. The molecule has 7 nitrogen and oxygen atoms in total. The molecule has 2 heterocycles. The number of aromatic nitrogens is 1. The Bertz CT molecular complexity index is 1710. The Morgan fingerprint density at radius 2 is 1.78 bits per heavy atom. The van der Waals surface area contributed by atoms with Crippen molar-refractivity contribution in [1.82, 2.24) is 9.47 Å². The molecule has 0 unspecified atom stereocenters. The quantitative estimate of drug-likeness (QED) is 0.205. The Balaban J connectivity index is 1.51. The van der Waals surface area contributed by atoms with Gasteiger partial charge in [0.1, 0.15) is 5.75 Å². The summed E-state index contributed by atoms with van der Waals surface area (Å²) >= 11 is 11.1. The zero-order chi connectivity index (χ0) is 29.3. The molecule has 0 bridgehead atoms. The van der Waals surface area contributed by atoms with Crippen LogP contribution in [0.15, 0.2) is 87.2 Å². The van der Waals surface area contributed by atoms with Crippen LogP contribution in [0.1, 0.15) is 32.9 Å². The number of hydrogen-bond acceptors (Lipinski definition) is 5. The average molecular weight is 651 g/mol. The Labute approximate surface area is 255 Å². The maximum atomic E-state index is 13.8. The lowest BCUT2D eigenvalue weighted by Gasteiger charge is -2.16. The standard InChI is InChI=1S/C31H25BrClN3O4S/c1-18-14-22(19(2)36(18)24-10-13-26(32)27(33)16-24)15-28-29(37)35(17-20-4-6-21(7-5-20)30(38)39)31(41-28)34-23-8-11-25(40-3)12-9-23/h4-16H,17H2,1-3H3,(H,38,39)/b28-15-,34-31?. The Hall–Kier alpha value is -3.79. The van der Waals surface area contributed by atoms with Crippen LogP contribution in [-0.2, 0) is 11.3 Å². The smallest absolute Gasteiger partial charge is 0.335 e. The molecule has 0 atom stereocenters. The largest absolute Gasteiger partial charge is 0.497 e. The van der Waals surface area contributed by atoms with E-state index in [0.717, 1.165) is 32.7 Å². The van der Waals surface area contributed by atoms with Gasteiger partial charge >= 0.3 is 5.97 Å². The molecule has 0 saturated carbocycles. The molecule has 1 aromatic heterocycles. The van der Waals surface area contributed by atoms with Gasteiger partial charge in [-0.3, -0.25) is 9.69 Å². The van der Waals surface area contributed by atoms with Crippen molar-refractivity contribution in [2.75, 3.05) is 7.11 Å². The van der Waals surface area contributed by atoms with Crippen LogP contribution in [0.2, 0.25) is 5.02 Å². The molecular weight excluding hydrogens is 626 g/mol. The molecule has 1 aliphatic rings. The highest BCUT2D eigenvalue weighted by molar-refractivity contribution is 9.10. The highest BCUT2D eigenvalue weighted by Crippen LogP contribution is 2.37. The molecule has 3 aromatic carbocycles. The molecular formula is C31H25BrClN3O4S. The van der Waals surface area contributed by atoms with Gasteiger partial charge in [-0.25, -0.2) is 9.79 Å². The topological polar surface area (TPSA) is 84.1 Å². The van der Waals surface area contributed by atoms with Crippen LogP contribution in [0.25, 0.3) is 11.8 Å². The molecule has 41 heavy (non-hydrogen) atoms. The van der Waals surface area contributed by atoms with Crippen molar-refractivity contribution in [2.45, 2.75) is 20.4 Å². The summed E-state index contributed by atoms with van der Waals surface area (Å²) in [7, 11) is 1.60. The summed E-state index contributed by atoms with van der Waals surface area (Å²) < 4.78 is 8.17. The number of amidine groups is 1. The number of nitrogens with zero attached hydrogens (tertiary/aromatic N) is 3. The molecule has 10 heteroatoms. The van der Waals surface area contributed by atoms with Gasteiger partial charge in [0.05, 0.1) is 34.8 Å². The number of ether oxygens (including phenoxy) is 1. The first-order valence-corrected chi connectivity index (χ1v) is 14.5. The number of aliphatic imine (C=N–C) groups is 1. The maximum Gasteiger partial charge on any atom is 0.335 e. The Kier molecular flexibility index (Phi) is 8.40. The van der Waals surface area contributed by atoms with Gasteiger partial charge in [0, 0.05) is 21.5 Å². The number of thioether (sulfide) groups is 1. The van der Waals surface area contributed by atoms with Gasteiger partial charge in [-0.15, -0.1) is 0 Å². The third kappa shape index (κ3) is 6.12. The second-order valence-corrected chi connectivity index (χ2v) is 11.6. The molecule has 4 aromatic rings. The van der Waals surface area contributed by atoms with Gasteiger partial charge < -0.3 is 14.4 Å².